The zero-order chi connectivity index (χ0) is 8.55. The van der Waals surface area contributed by atoms with E-state index >= 15 is 0 Å². The lowest BCUT2D eigenvalue weighted by Gasteiger charge is -2.24. The number of ether oxygens (including phenoxy) is 1. The van der Waals surface area contributed by atoms with E-state index in [9.17, 15) is 4.79 Å². The van der Waals surface area contributed by atoms with Gasteiger partial charge in [-0.05, 0) is 18.8 Å². The summed E-state index contributed by atoms with van der Waals surface area (Å²) in [5.74, 6) is 0.0560. The summed E-state index contributed by atoms with van der Waals surface area (Å²) in [6.07, 6.45) is 4.12. The van der Waals surface area contributed by atoms with E-state index < -0.39 is 12.1 Å². The zero-order valence-electron chi connectivity index (χ0n) is 7.03. The summed E-state index contributed by atoms with van der Waals surface area (Å²) in [6.45, 7) is 0.668. The molecule has 12 heavy (non-hydrogen) atoms. The van der Waals surface area contributed by atoms with Crippen LogP contribution in [0.15, 0.2) is 0 Å². The van der Waals surface area contributed by atoms with Gasteiger partial charge in [-0.25, -0.2) is 4.79 Å². The summed E-state index contributed by atoms with van der Waals surface area (Å²) < 4.78 is 5.26. The van der Waals surface area contributed by atoms with Crippen molar-refractivity contribution >= 4 is 5.97 Å². The van der Waals surface area contributed by atoms with Crippen molar-refractivity contribution in [3.8, 4) is 0 Å². The molecular weight excluding hydrogens is 156 g/mol. The smallest absolute Gasteiger partial charge is 0.333 e. The predicted octanol–water partition coefficient (Wildman–Crippen LogP) is 1.28. The molecule has 3 nitrogen and oxygen atoms in total. The Morgan fingerprint density at radius 1 is 1.33 bits per heavy atom. The lowest BCUT2D eigenvalue weighted by atomic mass is 9.79. The van der Waals surface area contributed by atoms with Crippen LogP contribution in [-0.4, -0.2) is 23.8 Å². The van der Waals surface area contributed by atoms with Crippen molar-refractivity contribution in [1.29, 1.82) is 0 Å². The maximum atomic E-state index is 10.7. The summed E-state index contributed by atoms with van der Waals surface area (Å²) in [5, 5.41) is 8.83. The van der Waals surface area contributed by atoms with Gasteiger partial charge in [-0.2, -0.15) is 0 Å². The third-order valence-corrected chi connectivity index (χ3v) is 3.09. The summed E-state index contributed by atoms with van der Waals surface area (Å²) in [7, 11) is 0. The molecule has 3 atom stereocenters. The van der Waals surface area contributed by atoms with Crippen molar-refractivity contribution in [2.24, 2.45) is 11.8 Å². The first-order valence-corrected chi connectivity index (χ1v) is 4.63. The number of hydrogen-bond acceptors (Lipinski definition) is 2. The largest absolute Gasteiger partial charge is 0.479 e. The average Bonchev–Trinajstić information content (AvgIpc) is 2.47. The molecule has 0 radical (unpaired) electrons. The normalized spacial score (nSPS) is 40.8. The molecule has 68 valence electrons. The molecule has 0 spiro atoms. The molecule has 3 heteroatoms. The minimum Gasteiger partial charge on any atom is -0.479 e. The van der Waals surface area contributed by atoms with Gasteiger partial charge in [0.2, 0.25) is 0 Å². The van der Waals surface area contributed by atoms with E-state index in [0.29, 0.717) is 18.4 Å². The minimum absolute atomic E-state index is 0.302. The zero-order valence-corrected chi connectivity index (χ0v) is 7.03. The van der Waals surface area contributed by atoms with E-state index in [1.807, 2.05) is 0 Å². The molecule has 0 aromatic carbocycles. The van der Waals surface area contributed by atoms with Gasteiger partial charge in [-0.3, -0.25) is 0 Å². The molecule has 1 heterocycles. The summed E-state index contributed by atoms with van der Waals surface area (Å²) in [5.41, 5.74) is 0. The van der Waals surface area contributed by atoms with Gasteiger partial charge in [-0.15, -0.1) is 0 Å². The molecule has 0 aromatic rings. The Hall–Kier alpha value is -0.570. The molecule has 0 unspecified atom stereocenters. The fourth-order valence-electron chi connectivity index (χ4n) is 2.45. The lowest BCUT2D eigenvalue weighted by molar-refractivity contribution is -0.149. The first-order chi connectivity index (χ1) is 5.79. The van der Waals surface area contributed by atoms with Crippen LogP contribution in [0.3, 0.4) is 0 Å². The van der Waals surface area contributed by atoms with E-state index in [-0.39, 0.29) is 0 Å². The maximum absolute atomic E-state index is 10.7. The SMILES string of the molecule is O=C(O)[C@@H]1OC[C@@H]2CCCC[C@@H]21. The van der Waals surface area contributed by atoms with Crippen LogP contribution in [0.1, 0.15) is 25.7 Å². The standard InChI is InChI=1S/C9H14O3/c10-9(11)8-7-4-2-1-3-6(7)5-12-8/h6-8H,1-5H2,(H,10,11)/t6-,7-,8+/m0/s1. The van der Waals surface area contributed by atoms with Crippen LogP contribution < -0.4 is 0 Å². The van der Waals surface area contributed by atoms with Crippen LogP contribution in [-0.2, 0) is 9.53 Å². The highest BCUT2D eigenvalue weighted by atomic mass is 16.5. The van der Waals surface area contributed by atoms with Gasteiger partial charge in [0.05, 0.1) is 6.61 Å². The van der Waals surface area contributed by atoms with Crippen molar-refractivity contribution in [3.05, 3.63) is 0 Å². The number of rotatable bonds is 1. The van der Waals surface area contributed by atoms with E-state index in [4.69, 9.17) is 9.84 Å². The van der Waals surface area contributed by atoms with Crippen LogP contribution in [0.5, 0.6) is 0 Å². The van der Waals surface area contributed by atoms with E-state index in [1.165, 1.54) is 12.8 Å². The summed E-state index contributed by atoms with van der Waals surface area (Å²) >= 11 is 0. The summed E-state index contributed by atoms with van der Waals surface area (Å²) in [6, 6.07) is 0. The quantitative estimate of drug-likeness (QED) is 0.644. The van der Waals surface area contributed by atoms with Gasteiger partial charge >= 0.3 is 5.97 Å². The second-order valence-corrected chi connectivity index (χ2v) is 3.80. The fourth-order valence-corrected chi connectivity index (χ4v) is 2.45. The minimum atomic E-state index is -0.774. The Bertz CT molecular complexity index is 190. The number of fused-ring (bicyclic) bond motifs is 1. The molecule has 1 aliphatic carbocycles. The highest BCUT2D eigenvalue weighted by Gasteiger charge is 2.42. The molecule has 1 saturated heterocycles. The molecule has 2 fully saturated rings. The topological polar surface area (TPSA) is 46.5 Å². The monoisotopic (exact) mass is 170 g/mol. The van der Waals surface area contributed by atoms with Crippen molar-refractivity contribution in [1.82, 2.24) is 0 Å². The number of aliphatic carboxylic acids is 1. The number of hydrogen-bond donors (Lipinski definition) is 1. The van der Waals surface area contributed by atoms with Gasteiger partial charge < -0.3 is 9.84 Å². The molecule has 1 aliphatic heterocycles. The van der Waals surface area contributed by atoms with E-state index in [2.05, 4.69) is 0 Å². The Labute approximate surface area is 71.7 Å². The van der Waals surface area contributed by atoms with Crippen LogP contribution >= 0.6 is 0 Å². The fraction of sp³-hybridized carbons (Fsp3) is 0.889. The van der Waals surface area contributed by atoms with Crippen molar-refractivity contribution < 1.29 is 14.6 Å². The van der Waals surface area contributed by atoms with Gasteiger partial charge in [-0.1, -0.05) is 12.8 Å². The van der Waals surface area contributed by atoms with Crippen LogP contribution in [0.25, 0.3) is 0 Å². The number of carboxylic acid groups (broad SMARTS) is 1. The average molecular weight is 170 g/mol. The highest BCUT2D eigenvalue weighted by Crippen LogP contribution is 2.38. The summed E-state index contributed by atoms with van der Waals surface area (Å²) in [4.78, 5) is 10.7. The Morgan fingerprint density at radius 2 is 2.08 bits per heavy atom. The Balaban J connectivity index is 2.05. The van der Waals surface area contributed by atoms with Gasteiger partial charge in [0.15, 0.2) is 6.10 Å². The Morgan fingerprint density at radius 3 is 2.83 bits per heavy atom. The van der Waals surface area contributed by atoms with E-state index in [0.717, 1.165) is 12.8 Å². The second kappa shape index (κ2) is 3.05. The molecule has 1 N–H and O–H groups in total. The molecule has 1 saturated carbocycles. The van der Waals surface area contributed by atoms with Crippen LogP contribution in [0.2, 0.25) is 0 Å². The van der Waals surface area contributed by atoms with Gasteiger partial charge in [0.25, 0.3) is 0 Å². The molecule has 2 aliphatic rings. The first kappa shape index (κ1) is 8.05. The highest BCUT2D eigenvalue weighted by molar-refractivity contribution is 5.73. The third-order valence-electron chi connectivity index (χ3n) is 3.09. The van der Waals surface area contributed by atoms with Crippen LogP contribution in [0.4, 0.5) is 0 Å². The van der Waals surface area contributed by atoms with E-state index in [1.54, 1.807) is 0 Å². The Kier molecular flexibility index (Phi) is 2.05. The lowest BCUT2D eigenvalue weighted by Crippen LogP contribution is -2.30. The second-order valence-electron chi connectivity index (χ2n) is 3.80. The molecule has 0 amide bonds. The predicted molar refractivity (Wildman–Crippen MR) is 42.8 cm³/mol. The molecule has 0 aromatic heterocycles. The number of carboxylic acids is 1. The first-order valence-electron chi connectivity index (χ1n) is 4.63. The molecule has 2 rings (SSSR count). The van der Waals surface area contributed by atoms with Gasteiger partial charge in [0, 0.05) is 5.92 Å². The van der Waals surface area contributed by atoms with Crippen molar-refractivity contribution in [2.45, 2.75) is 31.8 Å². The number of carbonyl (C=O) groups is 1. The molecular formula is C9H14O3. The molecule has 0 bridgehead atoms. The maximum Gasteiger partial charge on any atom is 0.333 e. The van der Waals surface area contributed by atoms with Gasteiger partial charge in [0.1, 0.15) is 0 Å². The third kappa shape index (κ3) is 1.22. The van der Waals surface area contributed by atoms with Crippen LogP contribution in [0, 0.1) is 11.8 Å². The van der Waals surface area contributed by atoms with Crippen molar-refractivity contribution in [2.75, 3.05) is 6.61 Å². The van der Waals surface area contributed by atoms with Crippen molar-refractivity contribution in [3.63, 3.8) is 0 Å².